The molecule has 4 nitrogen and oxygen atoms in total. The molecule has 0 unspecified atom stereocenters. The lowest BCUT2D eigenvalue weighted by Crippen LogP contribution is -2.08. The van der Waals surface area contributed by atoms with Gasteiger partial charge in [-0.05, 0) is 25.1 Å². The van der Waals surface area contributed by atoms with Gasteiger partial charge in [-0.1, -0.05) is 23.2 Å². The summed E-state index contributed by atoms with van der Waals surface area (Å²) in [6.45, 7) is 2.12. The fraction of sp³-hybridized carbons (Fsp3) is 0.286. The van der Waals surface area contributed by atoms with Crippen LogP contribution < -0.4 is 0 Å². The molecule has 0 fully saturated rings. The molecular weight excluding hydrogens is 331 g/mol. The number of nitrogens with zero attached hydrogens (tertiary/aromatic N) is 2. The summed E-state index contributed by atoms with van der Waals surface area (Å²) < 4.78 is 6.71. The second-order valence-corrected chi connectivity index (χ2v) is 6.08. The highest BCUT2D eigenvalue weighted by Gasteiger charge is 2.17. The van der Waals surface area contributed by atoms with Gasteiger partial charge in [0.1, 0.15) is 5.56 Å². The molecule has 0 amide bonds. The third-order valence-corrected chi connectivity index (χ3v) is 4.57. The first-order valence-corrected chi connectivity index (χ1v) is 8.03. The molecule has 0 atom stereocenters. The monoisotopic (exact) mass is 344 g/mol. The van der Waals surface area contributed by atoms with E-state index in [1.54, 1.807) is 42.5 Å². The number of aromatic nitrogens is 2. The van der Waals surface area contributed by atoms with Crippen molar-refractivity contribution in [2.45, 2.75) is 17.6 Å². The first-order valence-electron chi connectivity index (χ1n) is 6.28. The number of thioether (sulfide) groups is 1. The maximum Gasteiger partial charge on any atom is 0.341 e. The molecule has 0 aliphatic carbocycles. The van der Waals surface area contributed by atoms with Crippen molar-refractivity contribution in [2.75, 3.05) is 6.61 Å². The highest BCUT2D eigenvalue weighted by atomic mass is 35.5. The van der Waals surface area contributed by atoms with E-state index in [2.05, 4.69) is 5.10 Å². The highest BCUT2D eigenvalue weighted by molar-refractivity contribution is 7.98. The quantitative estimate of drug-likeness (QED) is 0.602. The fourth-order valence-corrected chi connectivity index (χ4v) is 3.11. The zero-order valence-electron chi connectivity index (χ0n) is 11.6. The molecule has 0 spiro atoms. The molecule has 0 saturated carbocycles. The van der Waals surface area contributed by atoms with E-state index in [-0.39, 0.29) is 5.97 Å². The highest BCUT2D eigenvalue weighted by Crippen LogP contribution is 2.30. The zero-order valence-corrected chi connectivity index (χ0v) is 13.9. The second kappa shape index (κ2) is 7.20. The van der Waals surface area contributed by atoms with E-state index in [1.807, 2.05) is 6.07 Å². The number of hydrogen-bond acceptors (Lipinski definition) is 4. The maximum absolute atomic E-state index is 11.9. The Morgan fingerprint density at radius 3 is 2.81 bits per heavy atom. The molecule has 2 aromatic rings. The SMILES string of the molecule is CCOC(=O)c1cnn(C)c1CSc1ccc(Cl)c(Cl)c1. The standard InChI is InChI=1S/C14H14Cl2N2O2S/c1-3-20-14(19)10-7-17-18(2)13(10)8-21-9-4-5-11(15)12(16)6-9/h4-7H,3,8H2,1-2H3. The van der Waals surface area contributed by atoms with E-state index >= 15 is 0 Å². The van der Waals surface area contributed by atoms with Crippen LogP contribution in [0.25, 0.3) is 0 Å². The van der Waals surface area contributed by atoms with Crippen molar-refractivity contribution in [1.29, 1.82) is 0 Å². The molecule has 1 aromatic heterocycles. The van der Waals surface area contributed by atoms with Gasteiger partial charge < -0.3 is 4.74 Å². The Hall–Kier alpha value is -1.17. The smallest absolute Gasteiger partial charge is 0.341 e. The molecule has 112 valence electrons. The van der Waals surface area contributed by atoms with Crippen molar-refractivity contribution in [3.63, 3.8) is 0 Å². The first-order chi connectivity index (χ1) is 10.0. The number of carbonyl (C=O) groups is 1. The van der Waals surface area contributed by atoms with Crippen LogP contribution >= 0.6 is 35.0 Å². The van der Waals surface area contributed by atoms with Crippen molar-refractivity contribution in [1.82, 2.24) is 9.78 Å². The summed E-state index contributed by atoms with van der Waals surface area (Å²) in [5.74, 6) is 0.234. The average molecular weight is 345 g/mol. The van der Waals surface area contributed by atoms with Crippen molar-refractivity contribution in [3.8, 4) is 0 Å². The minimum Gasteiger partial charge on any atom is -0.462 e. The van der Waals surface area contributed by atoms with Crippen LogP contribution in [0, 0.1) is 0 Å². The first kappa shape index (κ1) is 16.2. The van der Waals surface area contributed by atoms with Crippen LogP contribution in [-0.2, 0) is 17.5 Å². The summed E-state index contributed by atoms with van der Waals surface area (Å²) in [6, 6.07) is 5.44. The molecule has 0 aliphatic rings. The predicted octanol–water partition coefficient (Wildman–Crippen LogP) is 4.20. The van der Waals surface area contributed by atoms with Gasteiger partial charge in [-0.25, -0.2) is 4.79 Å². The molecular formula is C14H14Cl2N2O2S. The molecule has 0 bridgehead atoms. The Morgan fingerprint density at radius 2 is 2.14 bits per heavy atom. The van der Waals surface area contributed by atoms with E-state index in [9.17, 15) is 4.79 Å². The fourth-order valence-electron chi connectivity index (χ4n) is 1.73. The van der Waals surface area contributed by atoms with Gasteiger partial charge in [0.15, 0.2) is 0 Å². The zero-order chi connectivity index (χ0) is 15.4. The number of rotatable bonds is 5. The normalized spacial score (nSPS) is 10.7. The topological polar surface area (TPSA) is 44.1 Å². The molecule has 0 aliphatic heterocycles. The summed E-state index contributed by atoms with van der Waals surface area (Å²) in [6.07, 6.45) is 1.53. The van der Waals surface area contributed by atoms with Crippen LogP contribution in [0.1, 0.15) is 23.0 Å². The number of benzene rings is 1. The summed E-state index contributed by atoms with van der Waals surface area (Å²) in [4.78, 5) is 12.8. The molecule has 21 heavy (non-hydrogen) atoms. The lowest BCUT2D eigenvalue weighted by molar-refractivity contribution is 0.0525. The number of carbonyl (C=O) groups excluding carboxylic acids is 1. The van der Waals surface area contributed by atoms with Crippen molar-refractivity contribution < 1.29 is 9.53 Å². The molecule has 7 heteroatoms. The Morgan fingerprint density at radius 1 is 1.38 bits per heavy atom. The Balaban J connectivity index is 2.14. The summed E-state index contributed by atoms with van der Waals surface area (Å²) in [5.41, 5.74) is 1.30. The van der Waals surface area contributed by atoms with Crippen molar-refractivity contribution in [3.05, 3.63) is 45.7 Å². The van der Waals surface area contributed by atoms with Crippen LogP contribution in [-0.4, -0.2) is 22.4 Å². The molecule has 2 rings (SSSR count). The number of halogens is 2. The van der Waals surface area contributed by atoms with Gasteiger partial charge in [-0.15, -0.1) is 11.8 Å². The molecule has 1 heterocycles. The largest absolute Gasteiger partial charge is 0.462 e. The summed E-state index contributed by atoms with van der Waals surface area (Å²) in [5, 5.41) is 5.15. The summed E-state index contributed by atoms with van der Waals surface area (Å²) in [7, 11) is 1.80. The van der Waals surface area contributed by atoms with Crippen molar-refractivity contribution >= 4 is 40.9 Å². The molecule has 0 N–H and O–H groups in total. The van der Waals surface area contributed by atoms with Gasteiger partial charge in [0, 0.05) is 17.7 Å². The van der Waals surface area contributed by atoms with Gasteiger partial charge in [-0.2, -0.15) is 5.10 Å². The minimum absolute atomic E-state index is 0.340. The summed E-state index contributed by atoms with van der Waals surface area (Å²) >= 11 is 13.4. The van der Waals surface area contributed by atoms with Gasteiger partial charge in [0.25, 0.3) is 0 Å². The average Bonchev–Trinajstić information content (AvgIpc) is 2.82. The van der Waals surface area contributed by atoms with E-state index in [0.717, 1.165) is 10.6 Å². The van der Waals surface area contributed by atoms with E-state index in [4.69, 9.17) is 27.9 Å². The number of aryl methyl sites for hydroxylation is 1. The maximum atomic E-state index is 11.9. The van der Waals surface area contributed by atoms with Gasteiger partial charge in [0.2, 0.25) is 0 Å². The van der Waals surface area contributed by atoms with Crippen LogP contribution in [0.15, 0.2) is 29.3 Å². The third-order valence-electron chi connectivity index (χ3n) is 2.82. The van der Waals surface area contributed by atoms with Crippen molar-refractivity contribution in [2.24, 2.45) is 7.05 Å². The van der Waals surface area contributed by atoms with Crippen LogP contribution in [0.4, 0.5) is 0 Å². The second-order valence-electron chi connectivity index (χ2n) is 4.21. The molecule has 0 radical (unpaired) electrons. The Labute approximate surface area is 137 Å². The van der Waals surface area contributed by atoms with Crippen LogP contribution in [0.2, 0.25) is 10.0 Å². The van der Waals surface area contributed by atoms with Gasteiger partial charge >= 0.3 is 5.97 Å². The van der Waals surface area contributed by atoms with Gasteiger partial charge in [-0.3, -0.25) is 4.68 Å². The van der Waals surface area contributed by atoms with Crippen LogP contribution in [0.3, 0.4) is 0 Å². The van der Waals surface area contributed by atoms with Crippen LogP contribution in [0.5, 0.6) is 0 Å². The lowest BCUT2D eigenvalue weighted by atomic mass is 10.3. The third kappa shape index (κ3) is 3.93. The molecule has 0 saturated heterocycles. The number of esters is 1. The Kier molecular flexibility index (Phi) is 5.56. The van der Waals surface area contributed by atoms with E-state index in [0.29, 0.717) is 28.0 Å². The van der Waals surface area contributed by atoms with E-state index in [1.165, 1.54) is 6.20 Å². The van der Waals surface area contributed by atoms with E-state index < -0.39 is 0 Å². The van der Waals surface area contributed by atoms with Gasteiger partial charge in [0.05, 0.1) is 28.5 Å². The predicted molar refractivity (Wildman–Crippen MR) is 85.2 cm³/mol. The number of hydrogen-bond donors (Lipinski definition) is 0. The number of ether oxygens (including phenoxy) is 1. The Bertz CT molecular complexity index is 658. The minimum atomic E-state index is -0.352. The lowest BCUT2D eigenvalue weighted by Gasteiger charge is -2.07. The molecule has 1 aromatic carbocycles.